The highest BCUT2D eigenvalue weighted by molar-refractivity contribution is 6.31. The van der Waals surface area contributed by atoms with Gasteiger partial charge in [0.2, 0.25) is 17.8 Å². The van der Waals surface area contributed by atoms with Gasteiger partial charge >= 0.3 is 5.69 Å². The summed E-state index contributed by atoms with van der Waals surface area (Å²) in [7, 11) is 0. The zero-order valence-corrected chi connectivity index (χ0v) is 20.2. The number of aromatic nitrogens is 4. The van der Waals surface area contributed by atoms with Crippen LogP contribution in [0, 0.1) is 11.8 Å². The molecule has 1 aromatic carbocycles. The predicted molar refractivity (Wildman–Crippen MR) is 130 cm³/mol. The third-order valence-corrected chi connectivity index (χ3v) is 8.05. The monoisotopic (exact) mass is 532 g/mol. The first-order valence-corrected chi connectivity index (χ1v) is 12.5. The molecule has 37 heavy (non-hydrogen) atoms. The number of fused-ring (bicyclic) bond motifs is 5. The van der Waals surface area contributed by atoms with Crippen LogP contribution in [0.25, 0.3) is 11.0 Å². The molecular formula is C24H23ClF2N6O4. The van der Waals surface area contributed by atoms with Crippen LogP contribution in [0.1, 0.15) is 36.9 Å². The summed E-state index contributed by atoms with van der Waals surface area (Å²) in [5.74, 6) is -6.21. The number of amides is 2. The quantitative estimate of drug-likeness (QED) is 0.409. The van der Waals surface area contributed by atoms with Gasteiger partial charge in [0, 0.05) is 34.7 Å². The molecule has 4 N–H and O–H groups in total. The molecule has 2 amide bonds. The second kappa shape index (κ2) is 8.51. The zero-order valence-electron chi connectivity index (χ0n) is 19.4. The summed E-state index contributed by atoms with van der Waals surface area (Å²) in [5.41, 5.74) is 0.695. The van der Waals surface area contributed by atoms with Crippen LogP contribution in [0.15, 0.2) is 27.8 Å². The predicted octanol–water partition coefficient (Wildman–Crippen LogP) is 2.35. The Kier molecular flexibility index (Phi) is 5.48. The number of piperidine rings is 2. The van der Waals surface area contributed by atoms with Crippen molar-refractivity contribution >= 4 is 40.4 Å². The number of aryl methyl sites for hydroxylation is 1. The number of H-pyrrole nitrogens is 3. The Labute approximate surface area is 212 Å². The van der Waals surface area contributed by atoms with E-state index in [0.29, 0.717) is 46.6 Å². The van der Waals surface area contributed by atoms with E-state index >= 15 is 0 Å². The van der Waals surface area contributed by atoms with Gasteiger partial charge in [-0.3, -0.25) is 24.7 Å². The maximum absolute atomic E-state index is 15.0. The molecule has 2 aliphatic heterocycles. The smallest absolute Gasteiger partial charge is 0.325 e. The van der Waals surface area contributed by atoms with E-state index < -0.39 is 59.3 Å². The van der Waals surface area contributed by atoms with Crippen molar-refractivity contribution in [3.05, 3.63) is 55.3 Å². The molecule has 0 spiro atoms. The molecule has 2 aromatic heterocycles. The van der Waals surface area contributed by atoms with Gasteiger partial charge in [-0.05, 0) is 50.3 Å². The molecule has 3 unspecified atom stereocenters. The molecule has 4 heterocycles. The van der Waals surface area contributed by atoms with E-state index in [4.69, 9.17) is 11.6 Å². The SMILES string of the molecule is O=C(Nc1nc2ccc(Cl)cc2[nH]1)[C@H]1C2CCC(CC2(F)F)N1C(=O)C1CCc2[nH]c(=O)[nH]c(=O)c2C1. The highest BCUT2D eigenvalue weighted by Crippen LogP contribution is 2.50. The number of halogens is 3. The zero-order chi connectivity index (χ0) is 26.1. The minimum Gasteiger partial charge on any atom is -0.327 e. The van der Waals surface area contributed by atoms with Crippen LogP contribution in [0.4, 0.5) is 14.7 Å². The minimum atomic E-state index is -3.10. The Morgan fingerprint density at radius 1 is 1.14 bits per heavy atom. The minimum absolute atomic E-state index is 0.0588. The molecule has 194 valence electrons. The third kappa shape index (κ3) is 4.03. The topological polar surface area (TPSA) is 144 Å². The van der Waals surface area contributed by atoms with Gasteiger partial charge in [0.05, 0.1) is 17.0 Å². The molecule has 13 heteroatoms. The number of hydrogen-bond donors (Lipinski definition) is 4. The van der Waals surface area contributed by atoms with Gasteiger partial charge in [0.25, 0.3) is 11.5 Å². The summed E-state index contributed by atoms with van der Waals surface area (Å²) in [5, 5.41) is 3.06. The summed E-state index contributed by atoms with van der Waals surface area (Å²) >= 11 is 6.00. The number of nitrogens with zero attached hydrogens (tertiary/aromatic N) is 2. The van der Waals surface area contributed by atoms with E-state index in [1.165, 1.54) is 4.90 Å². The van der Waals surface area contributed by atoms with E-state index in [0.717, 1.165) is 0 Å². The first-order valence-electron chi connectivity index (χ1n) is 12.1. The summed E-state index contributed by atoms with van der Waals surface area (Å²) in [6.07, 6.45) is 0.659. The fourth-order valence-electron chi connectivity index (χ4n) is 6.13. The third-order valence-electron chi connectivity index (χ3n) is 7.82. The molecule has 2 bridgehead atoms. The van der Waals surface area contributed by atoms with Crippen LogP contribution in [-0.2, 0) is 22.4 Å². The number of carbonyl (C=O) groups is 2. The first-order chi connectivity index (χ1) is 17.6. The van der Waals surface area contributed by atoms with Gasteiger partial charge in [0.1, 0.15) is 6.04 Å². The summed E-state index contributed by atoms with van der Waals surface area (Å²) < 4.78 is 30.0. The second-order valence-corrected chi connectivity index (χ2v) is 10.5. The fourth-order valence-corrected chi connectivity index (χ4v) is 6.31. The molecule has 3 aromatic rings. The summed E-state index contributed by atoms with van der Waals surface area (Å²) in [4.78, 5) is 64.4. The number of aromatic amines is 3. The molecule has 0 radical (unpaired) electrons. The molecule has 2 saturated heterocycles. The lowest BCUT2D eigenvalue weighted by Gasteiger charge is -2.54. The van der Waals surface area contributed by atoms with E-state index in [1.54, 1.807) is 18.2 Å². The van der Waals surface area contributed by atoms with Gasteiger partial charge in [-0.25, -0.2) is 18.6 Å². The lowest BCUT2D eigenvalue weighted by molar-refractivity contribution is -0.194. The molecule has 10 nitrogen and oxygen atoms in total. The van der Waals surface area contributed by atoms with E-state index in [9.17, 15) is 28.0 Å². The van der Waals surface area contributed by atoms with Crippen LogP contribution in [-0.4, -0.2) is 54.7 Å². The van der Waals surface area contributed by atoms with Crippen LogP contribution in [0.3, 0.4) is 0 Å². The van der Waals surface area contributed by atoms with Crippen molar-refractivity contribution in [1.82, 2.24) is 24.8 Å². The van der Waals surface area contributed by atoms with Gasteiger partial charge < -0.3 is 14.9 Å². The average molecular weight is 533 g/mol. The summed E-state index contributed by atoms with van der Waals surface area (Å²) in [6, 6.07) is 2.74. The number of imidazole rings is 1. The van der Waals surface area contributed by atoms with Crippen molar-refractivity contribution in [3.8, 4) is 0 Å². The molecule has 4 aliphatic rings. The highest BCUT2D eigenvalue weighted by Gasteiger charge is 2.61. The Bertz CT molecular complexity index is 1550. The van der Waals surface area contributed by atoms with Gasteiger partial charge in [0.15, 0.2) is 0 Å². The number of alkyl halides is 2. The van der Waals surface area contributed by atoms with Crippen molar-refractivity contribution in [3.63, 3.8) is 0 Å². The average Bonchev–Trinajstić information content (AvgIpc) is 3.23. The van der Waals surface area contributed by atoms with E-state index in [-0.39, 0.29) is 18.8 Å². The van der Waals surface area contributed by atoms with Gasteiger partial charge in [-0.1, -0.05) is 11.6 Å². The first kappa shape index (κ1) is 23.8. The van der Waals surface area contributed by atoms with Gasteiger partial charge in [-0.2, -0.15) is 0 Å². The lowest BCUT2D eigenvalue weighted by atomic mass is 9.70. The van der Waals surface area contributed by atoms with E-state index in [2.05, 4.69) is 25.3 Å². The number of benzene rings is 1. The molecule has 7 rings (SSSR count). The van der Waals surface area contributed by atoms with Crippen molar-refractivity contribution in [2.75, 3.05) is 5.32 Å². The number of nitrogens with one attached hydrogen (secondary N) is 4. The maximum Gasteiger partial charge on any atom is 0.325 e. The summed E-state index contributed by atoms with van der Waals surface area (Å²) in [6.45, 7) is 0. The van der Waals surface area contributed by atoms with Crippen LogP contribution < -0.4 is 16.6 Å². The molecular weight excluding hydrogens is 510 g/mol. The van der Waals surface area contributed by atoms with Crippen LogP contribution in [0.2, 0.25) is 5.02 Å². The van der Waals surface area contributed by atoms with E-state index in [1.807, 2.05) is 0 Å². The number of carbonyl (C=O) groups excluding carboxylic acids is 2. The van der Waals surface area contributed by atoms with Crippen molar-refractivity contribution < 1.29 is 18.4 Å². The highest BCUT2D eigenvalue weighted by atomic mass is 35.5. The number of anilines is 1. The maximum atomic E-state index is 15.0. The number of rotatable bonds is 3. The Balaban J connectivity index is 1.30. The Hall–Kier alpha value is -3.54. The van der Waals surface area contributed by atoms with Crippen LogP contribution in [0.5, 0.6) is 0 Å². The van der Waals surface area contributed by atoms with Crippen molar-refractivity contribution in [1.29, 1.82) is 0 Å². The van der Waals surface area contributed by atoms with Crippen LogP contribution >= 0.6 is 11.6 Å². The van der Waals surface area contributed by atoms with Gasteiger partial charge in [-0.15, -0.1) is 0 Å². The normalized spacial score (nSPS) is 26.2. The van der Waals surface area contributed by atoms with Crippen molar-refractivity contribution in [2.45, 2.75) is 56.5 Å². The Morgan fingerprint density at radius 3 is 2.73 bits per heavy atom. The molecule has 3 fully saturated rings. The largest absolute Gasteiger partial charge is 0.327 e. The Morgan fingerprint density at radius 2 is 1.95 bits per heavy atom. The standard InChI is InChI=1S/C24H23ClF2N6O4/c25-11-2-6-16-17(8-11)29-22(28-16)31-20(35)18-14-4-3-12(9-24(14,26)27)33(18)21(36)10-1-5-15-13(7-10)19(34)32-23(37)30-15/h2,6,8,10,12,14,18H,1,3-5,7,9H2,(H2,28,29,31,35)(H2,30,32,34,37)/t10?,12?,14?,18-/m1/s1. The fraction of sp³-hybridized carbons (Fsp3) is 0.458. The molecule has 2 aliphatic carbocycles. The molecule has 4 atom stereocenters. The lowest BCUT2D eigenvalue weighted by Crippen LogP contribution is -2.68. The second-order valence-electron chi connectivity index (χ2n) is 10.0. The van der Waals surface area contributed by atoms with Crippen molar-refractivity contribution in [2.24, 2.45) is 11.8 Å². The molecule has 1 saturated carbocycles. The number of hydrogen-bond acceptors (Lipinski definition) is 5.